The summed E-state index contributed by atoms with van der Waals surface area (Å²) in [5.41, 5.74) is 14.9. The Morgan fingerprint density at radius 3 is 2.55 bits per heavy atom. The Bertz CT molecular complexity index is 1050. The van der Waals surface area contributed by atoms with E-state index in [4.69, 9.17) is 11.5 Å². The number of likely N-dealkylation sites (tertiary alicyclic amines) is 1. The van der Waals surface area contributed by atoms with Crippen LogP contribution in [0.1, 0.15) is 47.1 Å². The van der Waals surface area contributed by atoms with Crippen molar-refractivity contribution >= 4 is 11.8 Å². The number of hydrogen-bond acceptors (Lipinski definition) is 4. The summed E-state index contributed by atoms with van der Waals surface area (Å²) in [5.74, 6) is 0.239. The van der Waals surface area contributed by atoms with Crippen LogP contribution < -0.4 is 11.5 Å². The van der Waals surface area contributed by atoms with E-state index < -0.39 is 11.9 Å². The number of carbonyl (C=O) groups is 2. The third-order valence-electron chi connectivity index (χ3n) is 5.79. The molecule has 2 unspecified atom stereocenters. The molecule has 0 radical (unpaired) electrons. The lowest BCUT2D eigenvalue weighted by Crippen LogP contribution is -2.48. The minimum absolute atomic E-state index is 0.0821. The molecular formula is C24H27N5O2. The number of aromatic nitrogens is 2. The fraction of sp³-hybridized carbons (Fsp3) is 0.292. The molecule has 31 heavy (non-hydrogen) atoms. The SMILES string of the molecule is NC(=O)c1ccc(CC(N)C(=O)N2CCCCC2c2ncc(-c3ccccc3)[nH]2)cc1. The molecule has 2 heterocycles. The number of nitrogens with zero attached hydrogens (tertiary/aromatic N) is 2. The average molecular weight is 418 g/mol. The van der Waals surface area contributed by atoms with Crippen LogP contribution >= 0.6 is 0 Å². The summed E-state index contributed by atoms with van der Waals surface area (Å²) in [5, 5.41) is 0. The molecule has 1 aromatic heterocycles. The van der Waals surface area contributed by atoms with Crippen molar-refractivity contribution in [3.8, 4) is 11.3 Å². The standard InChI is InChI=1S/C24H27N5O2/c25-19(14-16-9-11-18(12-10-16)22(26)30)24(31)29-13-5-4-8-21(29)23-27-15-20(28-23)17-6-2-1-3-7-17/h1-3,6-7,9-12,15,19,21H,4-5,8,13-14,25H2,(H2,26,30)(H,27,28). The minimum atomic E-state index is -0.663. The summed E-state index contributed by atoms with van der Waals surface area (Å²) in [4.78, 5) is 34.3. The molecule has 5 N–H and O–H groups in total. The number of benzene rings is 2. The Balaban J connectivity index is 1.48. The van der Waals surface area contributed by atoms with Gasteiger partial charge in [0.05, 0.1) is 24.0 Å². The number of carbonyl (C=O) groups excluding carboxylic acids is 2. The summed E-state index contributed by atoms with van der Waals surface area (Å²) >= 11 is 0. The zero-order chi connectivity index (χ0) is 21.8. The third kappa shape index (κ3) is 4.67. The van der Waals surface area contributed by atoms with Gasteiger partial charge in [0.2, 0.25) is 11.8 Å². The van der Waals surface area contributed by atoms with Crippen LogP contribution in [0.25, 0.3) is 11.3 Å². The van der Waals surface area contributed by atoms with Crippen molar-refractivity contribution in [3.63, 3.8) is 0 Å². The molecule has 7 nitrogen and oxygen atoms in total. The molecule has 4 rings (SSSR count). The summed E-state index contributed by atoms with van der Waals surface area (Å²) in [6, 6.07) is 16.1. The van der Waals surface area contributed by atoms with Gasteiger partial charge in [0.15, 0.2) is 0 Å². The topological polar surface area (TPSA) is 118 Å². The van der Waals surface area contributed by atoms with E-state index in [1.54, 1.807) is 24.3 Å². The van der Waals surface area contributed by atoms with E-state index in [2.05, 4.69) is 9.97 Å². The minimum Gasteiger partial charge on any atom is -0.366 e. The number of nitrogens with two attached hydrogens (primary N) is 2. The van der Waals surface area contributed by atoms with Crippen LogP contribution in [0.3, 0.4) is 0 Å². The molecule has 1 saturated heterocycles. The summed E-state index contributed by atoms with van der Waals surface area (Å²) in [6.45, 7) is 0.666. The van der Waals surface area contributed by atoms with E-state index in [0.717, 1.165) is 41.9 Å². The van der Waals surface area contributed by atoms with Gasteiger partial charge < -0.3 is 21.4 Å². The van der Waals surface area contributed by atoms with Crippen LogP contribution in [0, 0.1) is 0 Å². The number of nitrogens with one attached hydrogen (secondary N) is 1. The Kier molecular flexibility index (Phi) is 6.13. The second-order valence-corrected chi connectivity index (χ2v) is 7.96. The summed E-state index contributed by atoms with van der Waals surface area (Å²) < 4.78 is 0. The first-order chi connectivity index (χ1) is 15.0. The van der Waals surface area contributed by atoms with Gasteiger partial charge in [-0.3, -0.25) is 9.59 Å². The molecule has 7 heteroatoms. The third-order valence-corrected chi connectivity index (χ3v) is 5.79. The van der Waals surface area contributed by atoms with Crippen LogP contribution in [0.5, 0.6) is 0 Å². The fourth-order valence-electron chi connectivity index (χ4n) is 4.11. The van der Waals surface area contributed by atoms with E-state index in [1.807, 2.05) is 41.4 Å². The molecule has 1 fully saturated rings. The first-order valence-electron chi connectivity index (χ1n) is 10.6. The van der Waals surface area contributed by atoms with Gasteiger partial charge in [-0.25, -0.2) is 4.98 Å². The second kappa shape index (κ2) is 9.14. The van der Waals surface area contributed by atoms with Crippen molar-refractivity contribution in [3.05, 3.63) is 77.7 Å². The zero-order valence-electron chi connectivity index (χ0n) is 17.3. The van der Waals surface area contributed by atoms with Crippen molar-refractivity contribution in [1.29, 1.82) is 0 Å². The molecule has 0 aliphatic carbocycles. The van der Waals surface area contributed by atoms with Crippen LogP contribution in [0.4, 0.5) is 0 Å². The number of H-pyrrole nitrogens is 1. The molecule has 0 spiro atoms. The number of primary amides is 1. The smallest absolute Gasteiger partial charge is 0.248 e. The highest BCUT2D eigenvalue weighted by molar-refractivity contribution is 5.92. The highest BCUT2D eigenvalue weighted by Gasteiger charge is 2.32. The van der Waals surface area contributed by atoms with Gasteiger partial charge in [-0.15, -0.1) is 0 Å². The molecule has 0 saturated carbocycles. The highest BCUT2D eigenvalue weighted by Crippen LogP contribution is 2.31. The maximum atomic E-state index is 13.2. The van der Waals surface area contributed by atoms with Gasteiger partial charge in [0, 0.05) is 12.1 Å². The van der Waals surface area contributed by atoms with Gasteiger partial charge in [-0.2, -0.15) is 0 Å². The van der Waals surface area contributed by atoms with E-state index in [-0.39, 0.29) is 11.9 Å². The van der Waals surface area contributed by atoms with Gasteiger partial charge >= 0.3 is 0 Å². The number of imidazole rings is 1. The van der Waals surface area contributed by atoms with Crippen LogP contribution in [0.2, 0.25) is 0 Å². The Morgan fingerprint density at radius 1 is 1.10 bits per heavy atom. The molecule has 2 atom stereocenters. The molecule has 2 amide bonds. The number of amides is 2. The summed E-state index contributed by atoms with van der Waals surface area (Å²) in [6.07, 6.45) is 5.07. The molecule has 1 aliphatic heterocycles. The predicted molar refractivity (Wildman–Crippen MR) is 119 cm³/mol. The van der Waals surface area contributed by atoms with Crippen molar-refractivity contribution in [2.45, 2.75) is 37.8 Å². The largest absolute Gasteiger partial charge is 0.366 e. The van der Waals surface area contributed by atoms with Gasteiger partial charge in [0.25, 0.3) is 0 Å². The van der Waals surface area contributed by atoms with Crippen molar-refractivity contribution in [1.82, 2.24) is 14.9 Å². The number of hydrogen-bond donors (Lipinski definition) is 3. The maximum Gasteiger partial charge on any atom is 0.248 e. The Hall–Kier alpha value is -3.45. The number of piperidine rings is 1. The number of aromatic amines is 1. The second-order valence-electron chi connectivity index (χ2n) is 7.96. The lowest BCUT2D eigenvalue weighted by molar-refractivity contribution is -0.136. The highest BCUT2D eigenvalue weighted by atomic mass is 16.2. The number of rotatable bonds is 6. The first-order valence-corrected chi connectivity index (χ1v) is 10.6. The van der Waals surface area contributed by atoms with Crippen molar-refractivity contribution in [2.24, 2.45) is 11.5 Å². The van der Waals surface area contributed by atoms with Gasteiger partial charge in [-0.05, 0) is 48.9 Å². The fourth-order valence-corrected chi connectivity index (χ4v) is 4.11. The molecule has 2 aromatic carbocycles. The van der Waals surface area contributed by atoms with E-state index in [0.29, 0.717) is 18.5 Å². The molecule has 160 valence electrons. The lowest BCUT2D eigenvalue weighted by atomic mass is 9.98. The zero-order valence-corrected chi connectivity index (χ0v) is 17.3. The maximum absolute atomic E-state index is 13.2. The van der Waals surface area contributed by atoms with E-state index >= 15 is 0 Å². The van der Waals surface area contributed by atoms with Crippen molar-refractivity contribution < 1.29 is 9.59 Å². The molecular weight excluding hydrogens is 390 g/mol. The van der Waals surface area contributed by atoms with Crippen LogP contribution in [0.15, 0.2) is 60.8 Å². The summed E-state index contributed by atoms with van der Waals surface area (Å²) in [7, 11) is 0. The van der Waals surface area contributed by atoms with Crippen LogP contribution in [-0.4, -0.2) is 39.3 Å². The Morgan fingerprint density at radius 2 is 1.84 bits per heavy atom. The lowest BCUT2D eigenvalue weighted by Gasteiger charge is -2.36. The van der Waals surface area contributed by atoms with Crippen LogP contribution in [-0.2, 0) is 11.2 Å². The average Bonchev–Trinajstić information content (AvgIpc) is 3.30. The molecule has 0 bridgehead atoms. The first kappa shape index (κ1) is 20.8. The normalized spacial score (nSPS) is 17.3. The molecule has 1 aliphatic rings. The predicted octanol–water partition coefficient (Wildman–Crippen LogP) is 2.80. The van der Waals surface area contributed by atoms with E-state index in [1.165, 1.54) is 0 Å². The van der Waals surface area contributed by atoms with E-state index in [9.17, 15) is 9.59 Å². The Labute approximate surface area is 181 Å². The quantitative estimate of drug-likeness (QED) is 0.571. The monoisotopic (exact) mass is 417 g/mol. The van der Waals surface area contributed by atoms with Gasteiger partial charge in [-0.1, -0.05) is 42.5 Å². The molecule has 3 aromatic rings. The van der Waals surface area contributed by atoms with Crippen molar-refractivity contribution in [2.75, 3.05) is 6.54 Å². The van der Waals surface area contributed by atoms with Gasteiger partial charge in [0.1, 0.15) is 5.82 Å².